The first-order chi connectivity index (χ1) is 15.0. The van der Waals surface area contributed by atoms with Crippen LogP contribution >= 0.6 is 24.0 Å². The second kappa shape index (κ2) is 14.3. The van der Waals surface area contributed by atoms with E-state index >= 15 is 0 Å². The van der Waals surface area contributed by atoms with Crippen molar-refractivity contribution in [3.63, 3.8) is 0 Å². The standard InChI is InChI=1S/C24H40FN5O.HI/c1-19(2)16-30-12-13-31-22(18-30)15-28-24(26-3)27-14-20-8-10-29(11-9-20)17-21-6-4-5-7-23(21)25;/h4-7,19-20,22H,8-18H2,1-3H3,(H2,26,27,28);1H. The molecule has 0 aromatic heterocycles. The van der Waals surface area contributed by atoms with Crippen LogP contribution in [0.1, 0.15) is 32.3 Å². The molecule has 32 heavy (non-hydrogen) atoms. The molecule has 0 bridgehead atoms. The van der Waals surface area contributed by atoms with Crippen molar-refractivity contribution in [2.75, 3.05) is 59.5 Å². The number of nitrogens with one attached hydrogen (secondary N) is 2. The van der Waals surface area contributed by atoms with Crippen molar-refractivity contribution in [1.82, 2.24) is 20.4 Å². The summed E-state index contributed by atoms with van der Waals surface area (Å²) in [4.78, 5) is 9.22. The molecule has 2 fully saturated rings. The van der Waals surface area contributed by atoms with Crippen LogP contribution in [0.25, 0.3) is 0 Å². The Balaban J connectivity index is 0.00000363. The molecule has 0 amide bonds. The van der Waals surface area contributed by atoms with E-state index in [2.05, 4.69) is 39.3 Å². The van der Waals surface area contributed by atoms with Crippen molar-refractivity contribution >= 4 is 29.9 Å². The van der Waals surface area contributed by atoms with E-state index < -0.39 is 0 Å². The van der Waals surface area contributed by atoms with E-state index in [0.29, 0.717) is 18.4 Å². The fraction of sp³-hybridized carbons (Fsp3) is 0.708. The third kappa shape index (κ3) is 9.11. The average molecular weight is 562 g/mol. The van der Waals surface area contributed by atoms with Gasteiger partial charge in [0.2, 0.25) is 0 Å². The molecule has 2 heterocycles. The molecular formula is C24H41FIN5O. The summed E-state index contributed by atoms with van der Waals surface area (Å²) in [6.45, 7) is 12.9. The number of guanidine groups is 1. The Hall–Kier alpha value is -0.970. The van der Waals surface area contributed by atoms with Crippen LogP contribution in [0, 0.1) is 17.7 Å². The van der Waals surface area contributed by atoms with Gasteiger partial charge in [-0.15, -0.1) is 24.0 Å². The van der Waals surface area contributed by atoms with E-state index in [1.54, 1.807) is 12.1 Å². The maximum atomic E-state index is 13.9. The van der Waals surface area contributed by atoms with Gasteiger partial charge in [-0.3, -0.25) is 14.8 Å². The minimum absolute atomic E-state index is 0. The predicted molar refractivity (Wildman–Crippen MR) is 140 cm³/mol. The van der Waals surface area contributed by atoms with E-state index in [-0.39, 0.29) is 35.9 Å². The SMILES string of the molecule is CN=C(NCC1CCN(Cc2ccccc2F)CC1)NCC1CN(CC(C)C)CCO1.I. The number of morpholine rings is 1. The lowest BCUT2D eigenvalue weighted by Gasteiger charge is -2.34. The quantitative estimate of drug-likeness (QED) is 0.290. The monoisotopic (exact) mass is 561 g/mol. The fourth-order valence-electron chi connectivity index (χ4n) is 4.47. The minimum atomic E-state index is -0.101. The molecule has 182 valence electrons. The summed E-state index contributed by atoms with van der Waals surface area (Å²) in [7, 11) is 1.82. The van der Waals surface area contributed by atoms with Crippen LogP contribution in [0.4, 0.5) is 4.39 Å². The number of hydrogen-bond donors (Lipinski definition) is 2. The van der Waals surface area contributed by atoms with Crippen LogP contribution in [-0.4, -0.2) is 81.3 Å². The van der Waals surface area contributed by atoms with E-state index in [0.717, 1.165) is 76.8 Å². The lowest BCUT2D eigenvalue weighted by atomic mass is 9.96. The highest BCUT2D eigenvalue weighted by atomic mass is 127. The molecule has 2 aliphatic rings. The Bertz CT molecular complexity index is 697. The predicted octanol–water partition coefficient (Wildman–Crippen LogP) is 3.18. The summed E-state index contributed by atoms with van der Waals surface area (Å²) in [6.07, 6.45) is 2.44. The summed E-state index contributed by atoms with van der Waals surface area (Å²) < 4.78 is 19.8. The summed E-state index contributed by atoms with van der Waals surface area (Å²) in [5, 5.41) is 6.92. The first kappa shape index (κ1) is 27.3. The molecule has 1 atom stereocenters. The molecule has 0 aliphatic carbocycles. The van der Waals surface area contributed by atoms with E-state index in [1.807, 2.05) is 19.2 Å². The summed E-state index contributed by atoms with van der Waals surface area (Å²) >= 11 is 0. The van der Waals surface area contributed by atoms with Gasteiger partial charge < -0.3 is 15.4 Å². The number of benzene rings is 1. The van der Waals surface area contributed by atoms with Gasteiger partial charge in [0.05, 0.1) is 12.7 Å². The number of halogens is 2. The van der Waals surface area contributed by atoms with Crippen LogP contribution < -0.4 is 10.6 Å². The van der Waals surface area contributed by atoms with Crippen molar-refractivity contribution in [2.24, 2.45) is 16.8 Å². The molecule has 2 aliphatic heterocycles. The van der Waals surface area contributed by atoms with Crippen molar-refractivity contribution < 1.29 is 9.13 Å². The van der Waals surface area contributed by atoms with Gasteiger partial charge in [-0.05, 0) is 43.8 Å². The summed E-state index contributed by atoms with van der Waals surface area (Å²) in [5.41, 5.74) is 0.792. The Morgan fingerprint density at radius 2 is 1.84 bits per heavy atom. The number of hydrogen-bond acceptors (Lipinski definition) is 4. The number of nitrogens with zero attached hydrogens (tertiary/aromatic N) is 3. The van der Waals surface area contributed by atoms with Crippen molar-refractivity contribution in [3.05, 3.63) is 35.6 Å². The highest BCUT2D eigenvalue weighted by molar-refractivity contribution is 14.0. The molecule has 0 spiro atoms. The zero-order valence-corrected chi connectivity index (χ0v) is 22.2. The molecular weight excluding hydrogens is 520 g/mol. The van der Waals surface area contributed by atoms with Gasteiger partial charge in [0.25, 0.3) is 0 Å². The topological polar surface area (TPSA) is 52.1 Å². The van der Waals surface area contributed by atoms with Gasteiger partial charge in [0, 0.05) is 51.9 Å². The normalized spacial score (nSPS) is 21.4. The van der Waals surface area contributed by atoms with Crippen LogP contribution in [0.5, 0.6) is 0 Å². The van der Waals surface area contributed by atoms with Crippen LogP contribution in [0.2, 0.25) is 0 Å². The van der Waals surface area contributed by atoms with Crippen molar-refractivity contribution in [2.45, 2.75) is 39.3 Å². The van der Waals surface area contributed by atoms with Crippen LogP contribution in [0.15, 0.2) is 29.3 Å². The molecule has 3 rings (SSSR count). The molecule has 8 heteroatoms. The lowest BCUT2D eigenvalue weighted by molar-refractivity contribution is -0.0284. The molecule has 0 saturated carbocycles. The van der Waals surface area contributed by atoms with Gasteiger partial charge in [0.1, 0.15) is 5.82 Å². The number of ether oxygens (including phenoxy) is 1. The molecule has 0 radical (unpaired) electrons. The Kier molecular flexibility index (Phi) is 12.2. The van der Waals surface area contributed by atoms with E-state index in [4.69, 9.17) is 4.74 Å². The van der Waals surface area contributed by atoms with Gasteiger partial charge in [-0.2, -0.15) is 0 Å². The maximum absolute atomic E-state index is 13.9. The maximum Gasteiger partial charge on any atom is 0.191 e. The van der Waals surface area contributed by atoms with Crippen LogP contribution in [0.3, 0.4) is 0 Å². The van der Waals surface area contributed by atoms with Crippen molar-refractivity contribution in [1.29, 1.82) is 0 Å². The zero-order chi connectivity index (χ0) is 22.1. The summed E-state index contributed by atoms with van der Waals surface area (Å²) in [5.74, 6) is 2.04. The Morgan fingerprint density at radius 3 is 2.53 bits per heavy atom. The highest BCUT2D eigenvalue weighted by Gasteiger charge is 2.22. The molecule has 1 aromatic carbocycles. The number of likely N-dealkylation sites (tertiary alicyclic amines) is 1. The molecule has 2 saturated heterocycles. The first-order valence-corrected chi connectivity index (χ1v) is 11.8. The number of aliphatic imine (C=N–C) groups is 1. The van der Waals surface area contributed by atoms with Gasteiger partial charge >= 0.3 is 0 Å². The second-order valence-corrected chi connectivity index (χ2v) is 9.29. The zero-order valence-electron chi connectivity index (χ0n) is 19.9. The fourth-order valence-corrected chi connectivity index (χ4v) is 4.47. The van der Waals surface area contributed by atoms with Crippen molar-refractivity contribution in [3.8, 4) is 0 Å². The molecule has 6 nitrogen and oxygen atoms in total. The van der Waals surface area contributed by atoms with E-state index in [1.165, 1.54) is 0 Å². The van der Waals surface area contributed by atoms with Crippen LogP contribution in [-0.2, 0) is 11.3 Å². The number of piperidine rings is 1. The molecule has 1 unspecified atom stereocenters. The second-order valence-electron chi connectivity index (χ2n) is 9.29. The largest absolute Gasteiger partial charge is 0.374 e. The third-order valence-corrected chi connectivity index (χ3v) is 6.18. The van der Waals surface area contributed by atoms with Gasteiger partial charge in [-0.1, -0.05) is 32.0 Å². The Morgan fingerprint density at radius 1 is 1.12 bits per heavy atom. The first-order valence-electron chi connectivity index (χ1n) is 11.8. The number of rotatable bonds is 8. The van der Waals surface area contributed by atoms with E-state index in [9.17, 15) is 4.39 Å². The highest BCUT2D eigenvalue weighted by Crippen LogP contribution is 2.19. The Labute approximate surface area is 210 Å². The summed E-state index contributed by atoms with van der Waals surface area (Å²) in [6, 6.07) is 7.09. The van der Waals surface area contributed by atoms with Gasteiger partial charge in [0.15, 0.2) is 5.96 Å². The van der Waals surface area contributed by atoms with Gasteiger partial charge in [-0.25, -0.2) is 4.39 Å². The minimum Gasteiger partial charge on any atom is -0.374 e. The smallest absolute Gasteiger partial charge is 0.191 e. The molecule has 2 N–H and O–H groups in total. The third-order valence-electron chi connectivity index (χ3n) is 6.18. The molecule has 1 aromatic rings. The lowest BCUT2D eigenvalue weighted by Crippen LogP contribution is -2.50. The average Bonchev–Trinajstić information content (AvgIpc) is 2.76.